The molecule has 0 aromatic heterocycles. The smallest absolute Gasteiger partial charge is 0.220 e. The highest BCUT2D eigenvalue weighted by molar-refractivity contribution is 8.00. The lowest BCUT2D eigenvalue weighted by atomic mass is 9.76. The summed E-state index contributed by atoms with van der Waals surface area (Å²) in [6.45, 7) is 10.5. The van der Waals surface area contributed by atoms with Gasteiger partial charge in [-0.2, -0.15) is 11.8 Å². The number of carbonyl (C=O) groups excluding carboxylic acids is 1. The Morgan fingerprint density at radius 3 is 2.60 bits per heavy atom. The van der Waals surface area contributed by atoms with Crippen LogP contribution in [-0.2, 0) is 4.79 Å². The van der Waals surface area contributed by atoms with Crippen LogP contribution in [0.15, 0.2) is 0 Å². The first-order valence-corrected chi connectivity index (χ1v) is 8.86. The Labute approximate surface area is 128 Å². The van der Waals surface area contributed by atoms with Crippen LogP contribution in [-0.4, -0.2) is 29.5 Å². The van der Waals surface area contributed by atoms with Crippen molar-refractivity contribution in [3.05, 3.63) is 0 Å². The molecule has 0 saturated carbocycles. The largest absolute Gasteiger partial charge is 0.355 e. The number of nitrogens with one attached hydrogen (secondary N) is 1. The average molecular weight is 301 g/mol. The van der Waals surface area contributed by atoms with E-state index in [1.807, 2.05) is 11.8 Å². The van der Waals surface area contributed by atoms with Crippen LogP contribution in [0.5, 0.6) is 0 Å². The number of hydrogen-bond acceptors (Lipinski definition) is 3. The molecule has 0 bridgehead atoms. The molecule has 4 heteroatoms. The maximum absolute atomic E-state index is 12.0. The molecule has 1 aliphatic heterocycles. The van der Waals surface area contributed by atoms with Crippen molar-refractivity contribution >= 4 is 17.7 Å². The van der Waals surface area contributed by atoms with E-state index in [1.54, 1.807) is 0 Å². The van der Waals surface area contributed by atoms with Crippen molar-refractivity contribution in [3.8, 4) is 0 Å². The Hall–Kier alpha value is -0.220. The minimum atomic E-state index is 0.199. The van der Waals surface area contributed by atoms with Crippen LogP contribution >= 0.6 is 11.8 Å². The van der Waals surface area contributed by atoms with Gasteiger partial charge in [-0.3, -0.25) is 4.79 Å². The summed E-state index contributed by atoms with van der Waals surface area (Å²) in [5.74, 6) is 1.95. The van der Waals surface area contributed by atoms with E-state index in [9.17, 15) is 4.79 Å². The molecular weight excluding hydrogens is 268 g/mol. The van der Waals surface area contributed by atoms with E-state index >= 15 is 0 Å². The summed E-state index contributed by atoms with van der Waals surface area (Å²) in [4.78, 5) is 12.0. The predicted octanol–water partition coefficient (Wildman–Crippen LogP) is 3.18. The zero-order valence-corrected chi connectivity index (χ0v) is 14.4. The SMILES string of the molecule is CC1(CNC(=O)CCC(CCN)C(C)(C)C)CCCS1. The van der Waals surface area contributed by atoms with Crippen LogP contribution in [0.3, 0.4) is 0 Å². The lowest BCUT2D eigenvalue weighted by Crippen LogP contribution is -2.37. The number of carbonyl (C=O) groups is 1. The van der Waals surface area contributed by atoms with Gasteiger partial charge in [-0.25, -0.2) is 0 Å². The van der Waals surface area contributed by atoms with E-state index < -0.39 is 0 Å². The quantitative estimate of drug-likeness (QED) is 0.759. The van der Waals surface area contributed by atoms with Gasteiger partial charge in [-0.1, -0.05) is 20.8 Å². The van der Waals surface area contributed by atoms with E-state index in [1.165, 1.54) is 18.6 Å². The maximum atomic E-state index is 12.0. The fourth-order valence-corrected chi connectivity index (χ4v) is 4.11. The highest BCUT2D eigenvalue weighted by atomic mass is 32.2. The molecule has 3 nitrogen and oxygen atoms in total. The average Bonchev–Trinajstić information content (AvgIpc) is 2.78. The summed E-state index contributed by atoms with van der Waals surface area (Å²) in [6.07, 6.45) is 5.07. The van der Waals surface area contributed by atoms with Crippen molar-refractivity contribution in [1.29, 1.82) is 0 Å². The van der Waals surface area contributed by atoms with Crippen molar-refractivity contribution in [2.75, 3.05) is 18.8 Å². The summed E-state index contributed by atoms with van der Waals surface area (Å²) in [5, 5.41) is 3.12. The zero-order chi connectivity index (χ0) is 15.2. The minimum Gasteiger partial charge on any atom is -0.355 e. The van der Waals surface area contributed by atoms with Crippen LogP contribution in [0.1, 0.15) is 59.8 Å². The molecule has 20 heavy (non-hydrogen) atoms. The van der Waals surface area contributed by atoms with E-state index in [4.69, 9.17) is 5.73 Å². The third-order valence-corrected chi connectivity index (χ3v) is 5.96. The summed E-state index contributed by atoms with van der Waals surface area (Å²) < 4.78 is 0.260. The van der Waals surface area contributed by atoms with Crippen molar-refractivity contribution in [1.82, 2.24) is 5.32 Å². The summed E-state index contributed by atoms with van der Waals surface area (Å²) in [5.41, 5.74) is 5.92. The Morgan fingerprint density at radius 2 is 2.10 bits per heavy atom. The minimum absolute atomic E-state index is 0.199. The second kappa shape index (κ2) is 7.69. The monoisotopic (exact) mass is 300 g/mol. The molecule has 0 spiro atoms. The molecule has 1 amide bonds. The van der Waals surface area contributed by atoms with E-state index in [0.29, 0.717) is 18.9 Å². The molecule has 1 heterocycles. The topological polar surface area (TPSA) is 55.1 Å². The lowest BCUT2D eigenvalue weighted by Gasteiger charge is -2.30. The normalized spacial score (nSPS) is 24.6. The Kier molecular flexibility index (Phi) is 6.86. The van der Waals surface area contributed by atoms with Gasteiger partial charge in [0.2, 0.25) is 5.91 Å². The van der Waals surface area contributed by atoms with Gasteiger partial charge in [-0.15, -0.1) is 0 Å². The number of nitrogens with two attached hydrogens (primary N) is 1. The molecule has 0 aromatic rings. The van der Waals surface area contributed by atoms with Gasteiger partial charge in [0.25, 0.3) is 0 Å². The highest BCUT2D eigenvalue weighted by Gasteiger charge is 2.30. The van der Waals surface area contributed by atoms with Gasteiger partial charge in [0.15, 0.2) is 0 Å². The molecule has 2 atom stereocenters. The standard InChI is InChI=1S/C16H32N2OS/c1-15(2,3)13(8-10-17)6-7-14(19)18-12-16(4)9-5-11-20-16/h13H,5-12,17H2,1-4H3,(H,18,19). The maximum Gasteiger partial charge on any atom is 0.220 e. The number of thioether (sulfide) groups is 1. The zero-order valence-electron chi connectivity index (χ0n) is 13.6. The van der Waals surface area contributed by atoms with Gasteiger partial charge in [0.05, 0.1) is 0 Å². The Balaban J connectivity index is 2.30. The molecule has 1 aliphatic rings. The van der Waals surface area contributed by atoms with Gasteiger partial charge in [-0.05, 0) is 56.2 Å². The highest BCUT2D eigenvalue weighted by Crippen LogP contribution is 2.37. The van der Waals surface area contributed by atoms with Crippen molar-refractivity contribution in [3.63, 3.8) is 0 Å². The van der Waals surface area contributed by atoms with Crippen molar-refractivity contribution in [2.24, 2.45) is 17.1 Å². The second-order valence-electron chi connectivity index (χ2n) is 7.36. The van der Waals surface area contributed by atoms with E-state index in [-0.39, 0.29) is 16.1 Å². The second-order valence-corrected chi connectivity index (χ2v) is 9.04. The van der Waals surface area contributed by atoms with E-state index in [0.717, 1.165) is 19.4 Å². The van der Waals surface area contributed by atoms with Gasteiger partial charge in [0.1, 0.15) is 0 Å². The van der Waals surface area contributed by atoms with Crippen LogP contribution in [0.25, 0.3) is 0 Å². The van der Waals surface area contributed by atoms with Crippen molar-refractivity contribution < 1.29 is 4.79 Å². The molecular formula is C16H32N2OS. The van der Waals surface area contributed by atoms with Crippen LogP contribution in [0, 0.1) is 11.3 Å². The first-order valence-electron chi connectivity index (χ1n) is 7.87. The molecule has 0 aliphatic carbocycles. The van der Waals surface area contributed by atoms with Crippen molar-refractivity contribution in [2.45, 2.75) is 64.5 Å². The molecule has 118 valence electrons. The fourth-order valence-electron chi connectivity index (χ4n) is 2.87. The third kappa shape index (κ3) is 6.04. The van der Waals surface area contributed by atoms with Crippen LogP contribution < -0.4 is 11.1 Å². The number of rotatable bonds is 7. The van der Waals surface area contributed by atoms with E-state index in [2.05, 4.69) is 33.0 Å². The molecule has 3 N–H and O–H groups in total. The Bertz CT molecular complexity index is 306. The van der Waals surface area contributed by atoms with Gasteiger partial charge >= 0.3 is 0 Å². The fraction of sp³-hybridized carbons (Fsp3) is 0.938. The molecule has 0 radical (unpaired) electrons. The molecule has 1 fully saturated rings. The van der Waals surface area contributed by atoms with Crippen LogP contribution in [0.2, 0.25) is 0 Å². The van der Waals surface area contributed by atoms with Crippen LogP contribution in [0.4, 0.5) is 0 Å². The molecule has 0 aromatic carbocycles. The summed E-state index contributed by atoms with van der Waals surface area (Å²) in [7, 11) is 0. The summed E-state index contributed by atoms with van der Waals surface area (Å²) in [6, 6.07) is 0. The number of hydrogen-bond donors (Lipinski definition) is 2. The Morgan fingerprint density at radius 1 is 1.40 bits per heavy atom. The van der Waals surface area contributed by atoms with Gasteiger partial charge < -0.3 is 11.1 Å². The predicted molar refractivity (Wildman–Crippen MR) is 89.0 cm³/mol. The lowest BCUT2D eigenvalue weighted by molar-refractivity contribution is -0.121. The summed E-state index contributed by atoms with van der Waals surface area (Å²) >= 11 is 1.99. The molecule has 2 unspecified atom stereocenters. The molecule has 1 saturated heterocycles. The first-order chi connectivity index (χ1) is 9.27. The first kappa shape index (κ1) is 17.8. The number of amides is 1. The van der Waals surface area contributed by atoms with Gasteiger partial charge in [0, 0.05) is 17.7 Å². The molecule has 1 rings (SSSR count). The third-order valence-electron chi connectivity index (χ3n) is 4.42.